The first-order valence-electron chi connectivity index (χ1n) is 17.5. The average molecular weight is 853 g/mol. The van der Waals surface area contributed by atoms with Gasteiger partial charge in [-0.3, -0.25) is 0 Å². The minimum atomic E-state index is -1.97. The van der Waals surface area contributed by atoms with Crippen molar-refractivity contribution in [1.82, 2.24) is 0 Å². The molecule has 0 aliphatic carbocycles. The maximum Gasteiger partial charge on any atom is 0.402 e. The monoisotopic (exact) mass is 852 g/mol. The van der Waals surface area contributed by atoms with E-state index in [0.29, 0.717) is 0 Å². The smallest absolute Gasteiger partial charge is 0.402 e. The van der Waals surface area contributed by atoms with Crippen LogP contribution in [0, 0.1) is 0 Å². The Hall–Kier alpha value is -3.66. The summed E-state index contributed by atoms with van der Waals surface area (Å²) in [6.45, 7) is -2.46. The Balaban J connectivity index is 0.00000641. The Bertz CT molecular complexity index is 1820. The molecular formula is C35H45ClO22. The lowest BCUT2D eigenvalue weighted by Gasteiger charge is -2.45. The lowest BCUT2D eigenvalue weighted by Crippen LogP contribution is -3.00. The van der Waals surface area contributed by atoms with Gasteiger partial charge >= 0.3 is 11.3 Å². The number of ether oxygens (including phenoxy) is 8. The molecule has 0 saturated carbocycles. The number of rotatable bonds is 12. The first kappa shape index (κ1) is 45.4. The first-order valence-corrected chi connectivity index (χ1v) is 17.5. The van der Waals surface area contributed by atoms with Gasteiger partial charge in [-0.15, -0.1) is 0 Å². The Morgan fingerprint density at radius 2 is 1.03 bits per heavy atom. The predicted molar refractivity (Wildman–Crippen MR) is 184 cm³/mol. The van der Waals surface area contributed by atoms with Gasteiger partial charge in [0.1, 0.15) is 84.0 Å². The highest BCUT2D eigenvalue weighted by Gasteiger charge is 2.52. The molecule has 6 rings (SSSR count). The maximum atomic E-state index is 11.3. The van der Waals surface area contributed by atoms with Crippen LogP contribution in [0.2, 0.25) is 0 Å². The molecule has 0 amide bonds. The van der Waals surface area contributed by atoms with Gasteiger partial charge in [-0.25, -0.2) is 4.42 Å². The summed E-state index contributed by atoms with van der Waals surface area (Å²) in [5.41, 5.74) is -0.0510. The zero-order valence-corrected chi connectivity index (χ0v) is 31.3. The van der Waals surface area contributed by atoms with Gasteiger partial charge in [0.2, 0.25) is 24.1 Å². The van der Waals surface area contributed by atoms with E-state index in [2.05, 4.69) is 0 Å². The number of halogens is 1. The molecule has 4 heterocycles. The largest absolute Gasteiger partial charge is 1.00 e. The molecule has 0 bridgehead atoms. The minimum absolute atomic E-state index is 0. The Morgan fingerprint density at radius 1 is 0.552 bits per heavy atom. The number of hydrogen-bond acceptors (Lipinski definition) is 21. The third-order valence-corrected chi connectivity index (χ3v) is 9.84. The fourth-order valence-corrected chi connectivity index (χ4v) is 6.63. The number of benzene rings is 2. The summed E-state index contributed by atoms with van der Waals surface area (Å²) >= 11 is 0. The van der Waals surface area contributed by atoms with E-state index in [1.807, 2.05) is 0 Å². The summed E-state index contributed by atoms with van der Waals surface area (Å²) in [4.78, 5) is 0. The predicted octanol–water partition coefficient (Wildman–Crippen LogP) is -7.01. The van der Waals surface area contributed by atoms with E-state index in [1.165, 1.54) is 32.4 Å². The van der Waals surface area contributed by atoms with Gasteiger partial charge in [-0.2, -0.15) is 0 Å². The van der Waals surface area contributed by atoms with Crippen LogP contribution in [-0.4, -0.2) is 193 Å². The summed E-state index contributed by atoms with van der Waals surface area (Å²) in [5.74, 6) is -1.88. The molecule has 13 N–H and O–H groups in total. The molecular weight excluding hydrogens is 808 g/mol. The number of methoxy groups -OCH3 is 2. The van der Waals surface area contributed by atoms with Crippen LogP contribution in [-0.2, 0) is 18.9 Å². The van der Waals surface area contributed by atoms with Crippen LogP contribution in [0.25, 0.3) is 22.3 Å². The molecule has 23 heteroatoms. The molecule has 324 valence electrons. The molecule has 2 aromatic carbocycles. The van der Waals surface area contributed by atoms with E-state index >= 15 is 0 Å². The van der Waals surface area contributed by atoms with Crippen LogP contribution in [0.15, 0.2) is 34.7 Å². The molecule has 0 radical (unpaired) electrons. The fourth-order valence-electron chi connectivity index (χ4n) is 6.63. The molecule has 3 fully saturated rings. The van der Waals surface area contributed by atoms with Crippen LogP contribution in [0.3, 0.4) is 0 Å². The number of phenolic OH excluding ortho intramolecular Hbond substituents is 2. The molecule has 0 unspecified atom stereocenters. The van der Waals surface area contributed by atoms with E-state index in [0.717, 1.165) is 12.1 Å². The van der Waals surface area contributed by atoms with Crippen molar-refractivity contribution in [3.05, 3.63) is 30.3 Å². The van der Waals surface area contributed by atoms with Gasteiger partial charge in [-0.1, -0.05) is 0 Å². The SMILES string of the molecule is COc1cc(-c2[o+]c3cc(O)cc(O[C@@H]4O[C@H](CO)[C@@H](O)[C@H](O)[C@H]4O)c3cc2O[C@@H]2O[C@H](CO)[C@@H](O)[C@H](O)[C@H]2O[C@@H]2O[C@H](CO)[C@@H](O)[C@H](O)[C@H]2O)cc(OC)c1O.[Cl-]. The fraction of sp³-hybridized carbons (Fsp3) is 0.571. The van der Waals surface area contributed by atoms with Gasteiger partial charge in [0.15, 0.2) is 23.9 Å². The maximum absolute atomic E-state index is 11.3. The quantitative estimate of drug-likeness (QED) is 0.0753. The average Bonchev–Trinajstić information content (AvgIpc) is 3.20. The Kier molecular flexibility index (Phi) is 14.7. The lowest BCUT2D eigenvalue weighted by atomic mass is 9.97. The van der Waals surface area contributed by atoms with Crippen LogP contribution in [0.4, 0.5) is 0 Å². The third kappa shape index (κ3) is 8.64. The van der Waals surface area contributed by atoms with E-state index in [1.54, 1.807) is 0 Å². The highest BCUT2D eigenvalue weighted by atomic mass is 35.5. The zero-order valence-electron chi connectivity index (χ0n) is 30.5. The van der Waals surface area contributed by atoms with Gasteiger partial charge in [0, 0.05) is 24.3 Å². The van der Waals surface area contributed by atoms with E-state index in [9.17, 15) is 66.4 Å². The van der Waals surface area contributed by atoms with Crippen LogP contribution in [0.5, 0.6) is 34.5 Å². The number of fused-ring (bicyclic) bond motifs is 1. The molecule has 15 atom stereocenters. The number of hydrogen-bond donors (Lipinski definition) is 13. The minimum Gasteiger partial charge on any atom is -1.00 e. The first-order chi connectivity index (χ1) is 27.1. The summed E-state index contributed by atoms with van der Waals surface area (Å²) in [5, 5.41) is 135. The van der Waals surface area contributed by atoms with Gasteiger partial charge in [0.25, 0.3) is 0 Å². The van der Waals surface area contributed by atoms with Crippen molar-refractivity contribution >= 4 is 11.0 Å². The second-order valence-corrected chi connectivity index (χ2v) is 13.5. The molecule has 58 heavy (non-hydrogen) atoms. The molecule has 0 spiro atoms. The topological polar surface area (TPSA) is 348 Å². The van der Waals surface area contributed by atoms with Crippen molar-refractivity contribution < 1.29 is 121 Å². The standard InChI is InChI=1S/C35H44O22.ClH/c1-49-16-3-11(4-17(50-2)22(16)40)31-18(7-13-14(51-31)5-12(39)6-15(13)52-33-29(47)26(44)23(41)19(8-36)54-33)53-35-32(28(46)25(43)21(10-38)56-35)57-34-30(48)27(45)24(42)20(9-37)55-34;/h3-7,19-21,23-30,32-38,41-48H,8-10H2,1-2H3,(H-,39,40);1H/t19-,20-,21-,23-,24-,25-,26+,27+,28+,29-,30-,32-,33-,34+,35-;/m1./s1. The molecule has 22 nitrogen and oxygen atoms in total. The molecule has 3 aliphatic heterocycles. The van der Waals surface area contributed by atoms with Gasteiger partial charge in [-0.05, 0) is 0 Å². The summed E-state index contributed by atoms with van der Waals surface area (Å²) in [6, 6.07) is 6.09. The highest BCUT2D eigenvalue weighted by Crippen LogP contribution is 2.46. The van der Waals surface area contributed by atoms with Crippen molar-refractivity contribution in [2.45, 2.75) is 92.1 Å². The third-order valence-electron chi connectivity index (χ3n) is 9.84. The van der Waals surface area contributed by atoms with E-state index in [-0.39, 0.29) is 57.7 Å². The van der Waals surface area contributed by atoms with E-state index < -0.39 is 123 Å². The van der Waals surface area contributed by atoms with Crippen LogP contribution >= 0.6 is 0 Å². The van der Waals surface area contributed by atoms with Gasteiger partial charge < -0.3 is 117 Å². The zero-order chi connectivity index (χ0) is 41.5. The van der Waals surface area contributed by atoms with E-state index in [4.69, 9.17) is 42.3 Å². The number of aromatic hydroxyl groups is 2. The number of aliphatic hydroxyl groups excluding tert-OH is 11. The Morgan fingerprint density at radius 3 is 1.57 bits per heavy atom. The Labute approximate surface area is 334 Å². The molecule has 3 aromatic rings. The second kappa shape index (κ2) is 18.7. The van der Waals surface area contributed by atoms with Crippen molar-refractivity contribution in [1.29, 1.82) is 0 Å². The van der Waals surface area contributed by atoms with Crippen molar-refractivity contribution in [2.75, 3.05) is 34.0 Å². The number of aliphatic hydroxyl groups is 11. The normalized spacial score (nSPS) is 35.2. The summed E-state index contributed by atoms with van der Waals surface area (Å²) in [6.07, 6.45) is -26.5. The van der Waals surface area contributed by atoms with Crippen molar-refractivity contribution in [2.24, 2.45) is 0 Å². The van der Waals surface area contributed by atoms with Crippen LogP contribution in [0.1, 0.15) is 0 Å². The van der Waals surface area contributed by atoms with Crippen molar-refractivity contribution in [3.63, 3.8) is 0 Å². The molecule has 3 aliphatic rings. The number of phenols is 2. The van der Waals surface area contributed by atoms with Crippen molar-refractivity contribution in [3.8, 4) is 45.8 Å². The van der Waals surface area contributed by atoms with Crippen LogP contribution < -0.4 is 31.4 Å². The highest BCUT2D eigenvalue weighted by molar-refractivity contribution is 5.89. The summed E-state index contributed by atoms with van der Waals surface area (Å²) < 4.78 is 51.5. The summed E-state index contributed by atoms with van der Waals surface area (Å²) in [7, 11) is 2.51. The lowest BCUT2D eigenvalue weighted by molar-refractivity contribution is -0.357. The molecule has 1 aromatic heterocycles. The second-order valence-electron chi connectivity index (χ2n) is 13.5. The van der Waals surface area contributed by atoms with Gasteiger partial charge in [0.05, 0.1) is 45.7 Å². The molecule has 3 saturated heterocycles.